The predicted octanol–water partition coefficient (Wildman–Crippen LogP) is 2.25. The number of hydrogen-bond acceptors (Lipinski definition) is 1. The number of pyridine rings is 1. The van der Waals surface area contributed by atoms with Gasteiger partial charge >= 0.3 is 0 Å². The summed E-state index contributed by atoms with van der Waals surface area (Å²) in [5, 5.41) is 0.293. The molecule has 0 unspecified atom stereocenters. The summed E-state index contributed by atoms with van der Waals surface area (Å²) in [5.41, 5.74) is 0. The molecule has 0 bridgehead atoms. The monoisotopic (exact) mass is 274 g/mol. The van der Waals surface area contributed by atoms with E-state index in [0.717, 1.165) is 6.07 Å². The van der Waals surface area contributed by atoms with Crippen molar-refractivity contribution in [1.29, 1.82) is 0 Å². The molecule has 0 atom stereocenters. The Morgan fingerprint density at radius 3 is 2.50 bits per heavy atom. The van der Waals surface area contributed by atoms with Gasteiger partial charge in [0.15, 0.2) is 0 Å². The van der Waals surface area contributed by atoms with Crippen LogP contribution in [0, 0.1) is 12.0 Å². The van der Waals surface area contributed by atoms with E-state index in [1.807, 2.05) is 0 Å². The van der Waals surface area contributed by atoms with E-state index < -0.39 is 5.82 Å². The van der Waals surface area contributed by atoms with Crippen LogP contribution in [-0.2, 0) is 19.5 Å². The third-order valence-electron chi connectivity index (χ3n) is 0.624. The molecular weight excluding hydrogens is 274 g/mol. The van der Waals surface area contributed by atoms with Crippen molar-refractivity contribution in [2.75, 3.05) is 0 Å². The zero-order valence-electron chi connectivity index (χ0n) is 4.97. The Morgan fingerprint density at radius 2 is 2.20 bits per heavy atom. The third-order valence-corrected chi connectivity index (χ3v) is 0.831. The fraction of sp³-hybridized carbons (Fsp3) is 0. The van der Waals surface area contributed by atoms with E-state index >= 15 is 0 Å². The fourth-order valence-electron chi connectivity index (χ4n) is 0.346. The number of rotatable bonds is 0. The normalized spacial score (nSPS) is 7.40. The first-order chi connectivity index (χ1) is 3.79. The van der Waals surface area contributed by atoms with Crippen LogP contribution in [0.4, 0.5) is 4.39 Å². The van der Waals surface area contributed by atoms with Crippen LogP contribution in [0.1, 0.15) is 0 Å². The van der Waals surface area contributed by atoms with Crippen molar-refractivity contribution >= 4 is 28.6 Å². The molecule has 0 aliphatic heterocycles. The minimum Gasteiger partial charge on any atom is -0.390 e. The topological polar surface area (TPSA) is 12.9 Å². The molecule has 0 saturated heterocycles. The van der Waals surface area contributed by atoms with Crippen molar-refractivity contribution in [2.24, 2.45) is 0 Å². The van der Waals surface area contributed by atoms with E-state index in [-0.39, 0.29) is 36.5 Å². The molecule has 0 amide bonds. The summed E-state index contributed by atoms with van der Waals surface area (Å²) in [6.45, 7) is 0. The molecule has 0 radical (unpaired) electrons. The SMILES string of the molecule is Br.Fc1[c-]ncc(Cl)c1.[Zn]. The maximum absolute atomic E-state index is 12.0. The Kier molecular flexibility index (Phi) is 8.12. The predicted molar refractivity (Wildman–Crippen MR) is 38.4 cm³/mol. The van der Waals surface area contributed by atoms with Gasteiger partial charge < -0.3 is 4.98 Å². The third kappa shape index (κ3) is 4.31. The van der Waals surface area contributed by atoms with Gasteiger partial charge in [0.05, 0.1) is 0 Å². The van der Waals surface area contributed by atoms with E-state index in [0.29, 0.717) is 5.02 Å². The maximum Gasteiger partial charge on any atom is 0.0311 e. The molecule has 0 aliphatic rings. The molecular formula is C5H3BrClFNZn-. The summed E-state index contributed by atoms with van der Waals surface area (Å²) in [4.78, 5) is 3.35. The van der Waals surface area contributed by atoms with Gasteiger partial charge in [0.25, 0.3) is 0 Å². The molecule has 0 saturated carbocycles. The van der Waals surface area contributed by atoms with Crippen LogP contribution in [0.2, 0.25) is 5.02 Å². The van der Waals surface area contributed by atoms with Gasteiger partial charge in [-0.1, -0.05) is 6.20 Å². The van der Waals surface area contributed by atoms with Crippen molar-refractivity contribution in [3.8, 4) is 0 Å². The van der Waals surface area contributed by atoms with Crippen LogP contribution >= 0.6 is 28.6 Å². The summed E-state index contributed by atoms with van der Waals surface area (Å²) in [6, 6.07) is 1.15. The van der Waals surface area contributed by atoms with Crippen LogP contribution in [0.25, 0.3) is 0 Å². The number of nitrogens with zero attached hydrogens (tertiary/aromatic N) is 1. The fourth-order valence-corrected chi connectivity index (χ4v) is 0.491. The van der Waals surface area contributed by atoms with Gasteiger partial charge in [-0.2, -0.15) is 0 Å². The van der Waals surface area contributed by atoms with Crippen molar-refractivity contribution in [3.63, 3.8) is 0 Å². The Balaban J connectivity index is 0. The average Bonchev–Trinajstić information content (AvgIpc) is 1.64. The molecule has 0 aromatic carbocycles. The first-order valence-corrected chi connectivity index (χ1v) is 2.35. The van der Waals surface area contributed by atoms with E-state index in [9.17, 15) is 4.39 Å². The average molecular weight is 277 g/mol. The van der Waals surface area contributed by atoms with Gasteiger partial charge in [-0.05, 0) is 11.2 Å². The molecule has 1 aromatic rings. The smallest absolute Gasteiger partial charge is 0.0311 e. The van der Waals surface area contributed by atoms with Gasteiger partial charge in [-0.3, -0.25) is 0 Å². The largest absolute Gasteiger partial charge is 0.390 e. The molecule has 0 N–H and O–H groups in total. The molecule has 5 heteroatoms. The van der Waals surface area contributed by atoms with Gasteiger partial charge in [0.2, 0.25) is 0 Å². The summed E-state index contributed by atoms with van der Waals surface area (Å²) in [5.74, 6) is -0.530. The molecule has 0 aliphatic carbocycles. The van der Waals surface area contributed by atoms with Crippen molar-refractivity contribution in [3.05, 3.63) is 29.3 Å². The zero-order chi connectivity index (χ0) is 5.98. The Bertz CT molecular complexity index is 182. The summed E-state index contributed by atoms with van der Waals surface area (Å²) < 4.78 is 12.0. The van der Waals surface area contributed by atoms with E-state index in [1.165, 1.54) is 6.20 Å². The van der Waals surface area contributed by atoms with Gasteiger partial charge in [0, 0.05) is 25.3 Å². The van der Waals surface area contributed by atoms with E-state index in [2.05, 4.69) is 11.2 Å². The molecule has 0 spiro atoms. The Hall–Kier alpha value is 0.473. The minimum atomic E-state index is -0.530. The zero-order valence-corrected chi connectivity index (χ0v) is 10.4. The molecule has 1 nitrogen and oxygen atoms in total. The Morgan fingerprint density at radius 1 is 1.60 bits per heavy atom. The van der Waals surface area contributed by atoms with Crippen LogP contribution < -0.4 is 0 Å². The van der Waals surface area contributed by atoms with Crippen molar-refractivity contribution in [1.82, 2.24) is 4.98 Å². The van der Waals surface area contributed by atoms with E-state index in [4.69, 9.17) is 11.6 Å². The molecule has 10 heavy (non-hydrogen) atoms. The summed E-state index contributed by atoms with van der Waals surface area (Å²) in [7, 11) is 0. The molecule has 0 fully saturated rings. The second kappa shape index (κ2) is 6.20. The van der Waals surface area contributed by atoms with Crippen LogP contribution in [0.15, 0.2) is 12.3 Å². The van der Waals surface area contributed by atoms with Crippen LogP contribution in [0.3, 0.4) is 0 Å². The first kappa shape index (κ1) is 13.1. The van der Waals surface area contributed by atoms with E-state index in [1.54, 1.807) is 0 Å². The van der Waals surface area contributed by atoms with Gasteiger partial charge in [0.1, 0.15) is 0 Å². The second-order valence-electron chi connectivity index (χ2n) is 1.25. The Labute approximate surface area is 86.5 Å². The number of aromatic nitrogens is 1. The molecule has 1 aromatic heterocycles. The maximum atomic E-state index is 12.0. The van der Waals surface area contributed by atoms with Crippen LogP contribution in [-0.4, -0.2) is 4.98 Å². The van der Waals surface area contributed by atoms with Gasteiger partial charge in [-0.15, -0.1) is 34.6 Å². The van der Waals surface area contributed by atoms with Crippen LogP contribution in [0.5, 0.6) is 0 Å². The van der Waals surface area contributed by atoms with Crippen molar-refractivity contribution in [2.45, 2.75) is 0 Å². The number of halogens is 3. The minimum absolute atomic E-state index is 0. The standard InChI is InChI=1S/C5H2ClFN.BrH.Zn/c6-4-1-5(7)3-8-2-4;;/h1-2H;1H;/q-1;;. The first-order valence-electron chi connectivity index (χ1n) is 1.98. The molecule has 1 rings (SSSR count). The second-order valence-corrected chi connectivity index (χ2v) is 1.68. The van der Waals surface area contributed by atoms with Gasteiger partial charge in [-0.25, -0.2) is 4.39 Å². The summed E-state index contributed by atoms with van der Waals surface area (Å²) >= 11 is 5.32. The quantitative estimate of drug-likeness (QED) is 0.523. The summed E-state index contributed by atoms with van der Waals surface area (Å²) in [6.07, 6.45) is 3.40. The number of hydrogen-bond donors (Lipinski definition) is 0. The molecule has 1 heterocycles. The molecule has 52 valence electrons. The van der Waals surface area contributed by atoms with Crippen molar-refractivity contribution < 1.29 is 23.9 Å².